The van der Waals surface area contributed by atoms with Gasteiger partial charge in [-0.3, -0.25) is 0 Å². The first kappa shape index (κ1) is 11.9. The fourth-order valence-corrected chi connectivity index (χ4v) is 2.45. The van der Waals surface area contributed by atoms with Gasteiger partial charge in [0.1, 0.15) is 16.9 Å². The zero-order valence-corrected chi connectivity index (χ0v) is 11.6. The maximum atomic E-state index is 6.04. The van der Waals surface area contributed by atoms with Crippen LogP contribution >= 0.6 is 0 Å². The molecule has 0 atom stereocenters. The zero-order chi connectivity index (χ0) is 12.5. The number of hydrogen-bond acceptors (Lipinski definition) is 2. The Kier molecular flexibility index (Phi) is 3.06. The summed E-state index contributed by atoms with van der Waals surface area (Å²) in [5, 5.41) is 0.953. The van der Waals surface area contributed by atoms with E-state index in [-0.39, 0.29) is 0 Å². The van der Waals surface area contributed by atoms with E-state index in [0.29, 0.717) is 0 Å². The molecule has 0 saturated carbocycles. The lowest BCUT2D eigenvalue weighted by molar-refractivity contribution is 0.415. The molecule has 0 saturated heterocycles. The minimum absolute atomic E-state index is 0.805. The van der Waals surface area contributed by atoms with Gasteiger partial charge in [0.2, 0.25) is 8.32 Å². The van der Waals surface area contributed by atoms with Crippen molar-refractivity contribution in [1.29, 1.82) is 0 Å². The van der Waals surface area contributed by atoms with Gasteiger partial charge in [-0.1, -0.05) is 0 Å². The Hall–Kier alpha value is -1.55. The van der Waals surface area contributed by atoms with Gasteiger partial charge in [0, 0.05) is 12.1 Å². The number of rotatable bonds is 3. The van der Waals surface area contributed by atoms with Gasteiger partial charge in [-0.05, 0) is 25.7 Å². The maximum absolute atomic E-state index is 6.04. The van der Waals surface area contributed by atoms with Crippen LogP contribution in [0, 0.1) is 0 Å². The lowest BCUT2D eigenvalue weighted by atomic mass is 10.2. The van der Waals surface area contributed by atoms with Crippen LogP contribution in [0.1, 0.15) is 0 Å². The molecule has 90 valence electrons. The Morgan fingerprint density at radius 2 is 1.88 bits per heavy atom. The second-order valence-corrected chi connectivity index (χ2v) is 9.29. The fraction of sp³-hybridized carbons (Fsp3) is 0.308. The van der Waals surface area contributed by atoms with E-state index >= 15 is 0 Å². The standard InChI is InChI=1S/C13H17O3Si/c1-14-10-5-6-12-11(9-10)13(7-8-15-12)16-17(2,3)4/h5-9H,1-4H3/q+1. The first-order chi connectivity index (χ1) is 7.99. The fourth-order valence-electron chi connectivity index (χ4n) is 1.61. The summed E-state index contributed by atoms with van der Waals surface area (Å²) in [5.41, 5.74) is 0.807. The molecule has 0 fully saturated rings. The monoisotopic (exact) mass is 249 g/mol. The van der Waals surface area contributed by atoms with Crippen molar-refractivity contribution in [3.05, 3.63) is 30.5 Å². The van der Waals surface area contributed by atoms with Crippen molar-refractivity contribution in [2.45, 2.75) is 19.6 Å². The Bertz CT molecular complexity index is 532. The molecule has 4 heteroatoms. The van der Waals surface area contributed by atoms with Gasteiger partial charge in [0.05, 0.1) is 13.2 Å². The number of hydrogen-bond donors (Lipinski definition) is 0. The summed E-state index contributed by atoms with van der Waals surface area (Å²) >= 11 is 0. The molecular formula is C13H17O3Si+. The second kappa shape index (κ2) is 4.37. The van der Waals surface area contributed by atoms with Crippen molar-refractivity contribution < 1.29 is 13.6 Å². The van der Waals surface area contributed by atoms with E-state index in [1.165, 1.54) is 0 Å². The average Bonchev–Trinajstić information content (AvgIpc) is 2.27. The van der Waals surface area contributed by atoms with Crippen LogP contribution in [0.15, 0.2) is 34.9 Å². The molecule has 0 radical (unpaired) electrons. The SMILES string of the molecule is COc1ccc2[o+]ccc(O[Si](C)(C)C)c2c1. The molecule has 0 spiro atoms. The Morgan fingerprint density at radius 3 is 2.53 bits per heavy atom. The molecule has 0 N–H and O–H groups in total. The van der Waals surface area contributed by atoms with Crippen molar-refractivity contribution in [3.8, 4) is 11.5 Å². The van der Waals surface area contributed by atoms with Crippen LogP contribution in [-0.2, 0) is 0 Å². The highest BCUT2D eigenvalue weighted by atomic mass is 28.4. The van der Waals surface area contributed by atoms with E-state index in [1.54, 1.807) is 13.4 Å². The molecule has 0 aliphatic rings. The van der Waals surface area contributed by atoms with E-state index < -0.39 is 8.32 Å². The van der Waals surface area contributed by atoms with Gasteiger partial charge in [-0.2, -0.15) is 0 Å². The largest absolute Gasteiger partial charge is 0.543 e. The van der Waals surface area contributed by atoms with Crippen LogP contribution in [0.5, 0.6) is 11.5 Å². The third-order valence-electron chi connectivity index (χ3n) is 2.28. The molecule has 2 aromatic rings. The van der Waals surface area contributed by atoms with Gasteiger partial charge in [0.25, 0.3) is 0 Å². The lowest BCUT2D eigenvalue weighted by Gasteiger charge is -2.18. The molecule has 3 nitrogen and oxygen atoms in total. The van der Waals surface area contributed by atoms with E-state index in [2.05, 4.69) is 19.6 Å². The van der Waals surface area contributed by atoms with Gasteiger partial charge in [-0.25, -0.2) is 4.42 Å². The molecule has 0 amide bonds. The number of ether oxygens (including phenoxy) is 1. The van der Waals surface area contributed by atoms with Crippen molar-refractivity contribution in [2.24, 2.45) is 0 Å². The molecule has 1 aromatic carbocycles. The molecule has 2 rings (SSSR count). The molecule has 0 aliphatic heterocycles. The van der Waals surface area contributed by atoms with Crippen LogP contribution in [-0.4, -0.2) is 15.4 Å². The van der Waals surface area contributed by atoms with Gasteiger partial charge < -0.3 is 9.16 Å². The quantitative estimate of drug-likeness (QED) is 0.609. The predicted molar refractivity (Wildman–Crippen MR) is 71.1 cm³/mol. The summed E-state index contributed by atoms with van der Waals surface area (Å²) in [7, 11) is 0.0277. The summed E-state index contributed by atoms with van der Waals surface area (Å²) in [4.78, 5) is 0. The third kappa shape index (κ3) is 2.77. The summed E-state index contributed by atoms with van der Waals surface area (Å²) in [5.74, 6) is 1.67. The topological polar surface area (TPSA) is 29.8 Å². The van der Waals surface area contributed by atoms with E-state index in [0.717, 1.165) is 22.5 Å². The smallest absolute Gasteiger partial charge is 0.363 e. The first-order valence-electron chi connectivity index (χ1n) is 5.57. The van der Waals surface area contributed by atoms with Gasteiger partial charge in [0.15, 0.2) is 0 Å². The van der Waals surface area contributed by atoms with Crippen molar-refractivity contribution in [1.82, 2.24) is 0 Å². The molecule has 17 heavy (non-hydrogen) atoms. The van der Waals surface area contributed by atoms with Crippen LogP contribution in [0.4, 0.5) is 0 Å². The van der Waals surface area contributed by atoms with Crippen LogP contribution in [0.3, 0.4) is 0 Å². The highest BCUT2D eigenvalue weighted by Gasteiger charge is 2.20. The molecule has 0 aliphatic carbocycles. The van der Waals surface area contributed by atoms with Crippen molar-refractivity contribution in [3.63, 3.8) is 0 Å². The molecular weight excluding hydrogens is 232 g/mol. The van der Waals surface area contributed by atoms with E-state index in [9.17, 15) is 0 Å². The van der Waals surface area contributed by atoms with Crippen molar-refractivity contribution >= 4 is 19.3 Å². The zero-order valence-electron chi connectivity index (χ0n) is 10.6. The van der Waals surface area contributed by atoms with E-state index in [4.69, 9.17) is 13.6 Å². The third-order valence-corrected chi connectivity index (χ3v) is 3.12. The summed E-state index contributed by atoms with van der Waals surface area (Å²) in [6, 6.07) is 7.57. The normalized spacial score (nSPS) is 11.5. The Balaban J connectivity index is 2.54. The van der Waals surface area contributed by atoms with Crippen LogP contribution in [0.25, 0.3) is 11.0 Å². The number of methoxy groups -OCH3 is 1. The highest BCUT2D eigenvalue weighted by Crippen LogP contribution is 2.30. The molecule has 0 unspecified atom stereocenters. The minimum Gasteiger partial charge on any atom is -0.543 e. The number of fused-ring (bicyclic) bond motifs is 1. The average molecular weight is 249 g/mol. The van der Waals surface area contributed by atoms with E-state index in [1.807, 2.05) is 24.3 Å². The highest BCUT2D eigenvalue weighted by molar-refractivity contribution is 6.70. The summed E-state index contributed by atoms with van der Waals surface area (Å²) in [6.07, 6.45) is 1.66. The van der Waals surface area contributed by atoms with Crippen LogP contribution in [0.2, 0.25) is 19.6 Å². The van der Waals surface area contributed by atoms with Gasteiger partial charge in [-0.15, -0.1) is 0 Å². The maximum Gasteiger partial charge on any atom is 0.363 e. The summed E-state index contributed by atoms with van der Waals surface area (Å²) < 4.78 is 16.7. The summed E-state index contributed by atoms with van der Waals surface area (Å²) in [6.45, 7) is 6.47. The van der Waals surface area contributed by atoms with Crippen molar-refractivity contribution in [2.75, 3.05) is 7.11 Å². The second-order valence-electron chi connectivity index (χ2n) is 4.86. The van der Waals surface area contributed by atoms with Crippen LogP contribution < -0.4 is 9.16 Å². The Labute approximate surface area is 102 Å². The lowest BCUT2D eigenvalue weighted by Crippen LogP contribution is -2.29. The number of benzene rings is 1. The molecule has 0 bridgehead atoms. The predicted octanol–water partition coefficient (Wildman–Crippen LogP) is 3.94. The molecule has 1 aromatic heterocycles. The Morgan fingerprint density at radius 1 is 1.12 bits per heavy atom. The van der Waals surface area contributed by atoms with Gasteiger partial charge >= 0.3 is 11.8 Å². The minimum atomic E-state index is -1.63. The molecule has 1 heterocycles. The first-order valence-corrected chi connectivity index (χ1v) is 8.98.